The summed E-state index contributed by atoms with van der Waals surface area (Å²) in [4.78, 5) is 4.11. The molecule has 0 bridgehead atoms. The Bertz CT molecular complexity index is 1140. The summed E-state index contributed by atoms with van der Waals surface area (Å²) in [5.41, 5.74) is 3.67. The third-order valence-corrected chi connectivity index (χ3v) is 5.60. The Kier molecular flexibility index (Phi) is 3.00. The van der Waals surface area contributed by atoms with Gasteiger partial charge in [-0.2, -0.15) is 0 Å². The van der Waals surface area contributed by atoms with E-state index >= 15 is 0 Å². The third kappa shape index (κ3) is 2.06. The Morgan fingerprint density at radius 1 is 0.792 bits per heavy atom. The van der Waals surface area contributed by atoms with E-state index in [4.69, 9.17) is 0 Å². The fourth-order valence-corrected chi connectivity index (χ4v) is 4.44. The van der Waals surface area contributed by atoms with E-state index in [0.717, 1.165) is 5.69 Å². The van der Waals surface area contributed by atoms with Crippen LogP contribution in [-0.4, -0.2) is 9.55 Å². The lowest BCUT2D eigenvalue weighted by Gasteiger charge is -2.06. The molecule has 0 fully saturated rings. The van der Waals surface area contributed by atoms with E-state index in [1.165, 1.54) is 31.3 Å². The number of imidazole rings is 1. The third-order valence-electron chi connectivity index (χ3n) is 4.39. The summed E-state index contributed by atoms with van der Waals surface area (Å²) in [6.45, 7) is 0. The standard InChI is InChI=1S/C21H14N2S/c1-2-7-20-18(4-1)19-6-3-5-17(21(19)24-20)15-8-10-16(11-9-15)23-13-12-22-14-23/h1-14H. The second-order valence-electron chi connectivity index (χ2n) is 5.80. The first-order valence-corrected chi connectivity index (χ1v) is 8.71. The van der Waals surface area contributed by atoms with Gasteiger partial charge in [0.05, 0.1) is 6.33 Å². The highest BCUT2D eigenvalue weighted by Crippen LogP contribution is 2.39. The van der Waals surface area contributed by atoms with Gasteiger partial charge in [-0.15, -0.1) is 11.3 Å². The Hall–Kier alpha value is -2.91. The zero-order valence-corrected chi connectivity index (χ0v) is 13.7. The number of nitrogens with zero attached hydrogens (tertiary/aromatic N) is 2. The van der Waals surface area contributed by atoms with Crippen LogP contribution in [0.5, 0.6) is 0 Å². The first kappa shape index (κ1) is 13.5. The van der Waals surface area contributed by atoms with Crippen molar-refractivity contribution >= 4 is 31.5 Å². The molecule has 0 aliphatic carbocycles. The van der Waals surface area contributed by atoms with E-state index in [0.29, 0.717) is 0 Å². The summed E-state index contributed by atoms with van der Waals surface area (Å²) in [5.74, 6) is 0. The molecule has 0 saturated heterocycles. The zero-order chi connectivity index (χ0) is 15.9. The van der Waals surface area contributed by atoms with Gasteiger partial charge in [0, 0.05) is 38.3 Å². The van der Waals surface area contributed by atoms with Gasteiger partial charge in [0.2, 0.25) is 0 Å². The number of hydrogen-bond acceptors (Lipinski definition) is 2. The fourth-order valence-electron chi connectivity index (χ4n) is 3.20. The lowest BCUT2D eigenvalue weighted by Crippen LogP contribution is -1.89. The van der Waals surface area contributed by atoms with Crippen molar-refractivity contribution in [2.45, 2.75) is 0 Å². The molecule has 0 aliphatic heterocycles. The van der Waals surface area contributed by atoms with E-state index < -0.39 is 0 Å². The molecular formula is C21H14N2S. The number of hydrogen-bond donors (Lipinski definition) is 0. The van der Waals surface area contributed by atoms with Crippen molar-refractivity contribution in [2.75, 3.05) is 0 Å². The van der Waals surface area contributed by atoms with Crippen LogP contribution in [0.4, 0.5) is 0 Å². The topological polar surface area (TPSA) is 17.8 Å². The molecule has 114 valence electrons. The minimum Gasteiger partial charge on any atom is -0.306 e. The van der Waals surface area contributed by atoms with Gasteiger partial charge in [0.15, 0.2) is 0 Å². The van der Waals surface area contributed by atoms with E-state index in [1.54, 1.807) is 6.20 Å². The van der Waals surface area contributed by atoms with Gasteiger partial charge in [-0.25, -0.2) is 4.98 Å². The minimum absolute atomic E-state index is 1.12. The maximum atomic E-state index is 4.11. The van der Waals surface area contributed by atoms with Gasteiger partial charge in [0.1, 0.15) is 0 Å². The van der Waals surface area contributed by atoms with Crippen molar-refractivity contribution in [3.8, 4) is 16.8 Å². The monoisotopic (exact) mass is 326 g/mol. The van der Waals surface area contributed by atoms with E-state index in [2.05, 4.69) is 71.7 Å². The lowest BCUT2D eigenvalue weighted by atomic mass is 10.0. The van der Waals surface area contributed by atoms with Gasteiger partial charge < -0.3 is 4.57 Å². The Balaban J connectivity index is 1.69. The van der Waals surface area contributed by atoms with Crippen LogP contribution >= 0.6 is 11.3 Å². The molecule has 0 radical (unpaired) electrons. The molecule has 5 rings (SSSR count). The average molecular weight is 326 g/mol. The number of rotatable bonds is 2. The predicted octanol–water partition coefficient (Wildman–Crippen LogP) is 5.91. The van der Waals surface area contributed by atoms with Gasteiger partial charge in [-0.1, -0.05) is 48.5 Å². The van der Waals surface area contributed by atoms with E-state index in [9.17, 15) is 0 Å². The van der Waals surface area contributed by atoms with Crippen molar-refractivity contribution in [1.82, 2.24) is 9.55 Å². The SMILES string of the molecule is c1ccc2c(c1)sc1c(-c3ccc(-n4ccnc4)cc3)cccc12. The molecule has 0 aliphatic rings. The number of benzene rings is 3. The second kappa shape index (κ2) is 5.32. The summed E-state index contributed by atoms with van der Waals surface area (Å²) < 4.78 is 4.72. The van der Waals surface area contributed by atoms with Crippen LogP contribution in [0.1, 0.15) is 0 Å². The quantitative estimate of drug-likeness (QED) is 0.394. The van der Waals surface area contributed by atoms with Crippen LogP contribution in [0.2, 0.25) is 0 Å². The zero-order valence-electron chi connectivity index (χ0n) is 12.9. The largest absolute Gasteiger partial charge is 0.306 e. The smallest absolute Gasteiger partial charge is 0.0991 e. The molecule has 0 saturated carbocycles. The highest BCUT2D eigenvalue weighted by molar-refractivity contribution is 7.26. The molecule has 0 amide bonds. The van der Waals surface area contributed by atoms with Gasteiger partial charge in [-0.05, 0) is 29.3 Å². The first-order chi connectivity index (χ1) is 11.9. The van der Waals surface area contributed by atoms with Crippen molar-refractivity contribution < 1.29 is 0 Å². The normalized spacial score (nSPS) is 11.3. The molecule has 2 heterocycles. The second-order valence-corrected chi connectivity index (χ2v) is 6.85. The molecule has 2 aromatic heterocycles. The van der Waals surface area contributed by atoms with Crippen LogP contribution < -0.4 is 0 Å². The van der Waals surface area contributed by atoms with Gasteiger partial charge in [-0.3, -0.25) is 0 Å². The average Bonchev–Trinajstić information content (AvgIpc) is 3.29. The molecule has 3 heteroatoms. The maximum absolute atomic E-state index is 4.11. The van der Waals surface area contributed by atoms with Gasteiger partial charge in [0.25, 0.3) is 0 Å². The number of fused-ring (bicyclic) bond motifs is 3. The molecule has 0 unspecified atom stereocenters. The molecule has 0 N–H and O–H groups in total. The summed E-state index contributed by atoms with van der Waals surface area (Å²) in [5, 5.41) is 2.68. The van der Waals surface area contributed by atoms with Crippen molar-refractivity contribution in [2.24, 2.45) is 0 Å². The summed E-state index contributed by atoms with van der Waals surface area (Å²) >= 11 is 1.87. The highest BCUT2D eigenvalue weighted by Gasteiger charge is 2.09. The van der Waals surface area contributed by atoms with E-state index in [-0.39, 0.29) is 0 Å². The highest BCUT2D eigenvalue weighted by atomic mass is 32.1. The van der Waals surface area contributed by atoms with Crippen LogP contribution in [-0.2, 0) is 0 Å². The summed E-state index contributed by atoms with van der Waals surface area (Å²) in [6.07, 6.45) is 5.58. The Morgan fingerprint density at radius 2 is 1.62 bits per heavy atom. The van der Waals surface area contributed by atoms with E-state index in [1.807, 2.05) is 28.4 Å². The molecule has 2 nitrogen and oxygen atoms in total. The number of thiophene rings is 1. The maximum Gasteiger partial charge on any atom is 0.0991 e. The predicted molar refractivity (Wildman–Crippen MR) is 102 cm³/mol. The lowest BCUT2D eigenvalue weighted by molar-refractivity contribution is 1.06. The van der Waals surface area contributed by atoms with Crippen molar-refractivity contribution in [3.63, 3.8) is 0 Å². The van der Waals surface area contributed by atoms with Crippen LogP contribution in [0.25, 0.3) is 37.0 Å². The molecular weight excluding hydrogens is 312 g/mol. The minimum atomic E-state index is 1.12. The summed E-state index contributed by atoms with van der Waals surface area (Å²) in [6, 6.07) is 23.9. The van der Waals surface area contributed by atoms with Crippen molar-refractivity contribution in [1.29, 1.82) is 0 Å². The molecule has 0 atom stereocenters. The summed E-state index contributed by atoms with van der Waals surface area (Å²) in [7, 11) is 0. The molecule has 3 aromatic carbocycles. The van der Waals surface area contributed by atoms with Crippen LogP contribution in [0.3, 0.4) is 0 Å². The van der Waals surface area contributed by atoms with Crippen molar-refractivity contribution in [3.05, 3.63) is 85.5 Å². The fraction of sp³-hybridized carbons (Fsp3) is 0. The van der Waals surface area contributed by atoms with Gasteiger partial charge >= 0.3 is 0 Å². The molecule has 0 spiro atoms. The van der Waals surface area contributed by atoms with Crippen LogP contribution in [0.15, 0.2) is 85.5 Å². The molecule has 5 aromatic rings. The Morgan fingerprint density at radius 3 is 2.46 bits per heavy atom. The van der Waals surface area contributed by atoms with Crippen LogP contribution in [0, 0.1) is 0 Å². The molecule has 24 heavy (non-hydrogen) atoms. The number of aromatic nitrogens is 2. The Labute approximate surface area is 143 Å². The first-order valence-electron chi connectivity index (χ1n) is 7.89.